The first-order valence-electron chi connectivity index (χ1n) is 11.2. The predicted molar refractivity (Wildman–Crippen MR) is 126 cm³/mol. The van der Waals surface area contributed by atoms with E-state index in [1.807, 2.05) is 31.2 Å². The monoisotopic (exact) mass is 476 g/mol. The second-order valence-electron chi connectivity index (χ2n) is 8.58. The van der Waals surface area contributed by atoms with Crippen LogP contribution in [0.15, 0.2) is 61.4 Å². The Morgan fingerprint density at radius 1 is 1.06 bits per heavy atom. The third-order valence-electron chi connectivity index (χ3n) is 6.26. The van der Waals surface area contributed by atoms with Crippen LogP contribution in [0.4, 0.5) is 20.3 Å². The molecule has 1 unspecified atom stereocenters. The van der Waals surface area contributed by atoms with Gasteiger partial charge in [-0.3, -0.25) is 0 Å². The molecule has 2 N–H and O–H groups in total. The Morgan fingerprint density at radius 3 is 2.74 bits per heavy atom. The molecule has 5 heterocycles. The molecule has 1 fully saturated rings. The lowest BCUT2D eigenvalue weighted by Crippen LogP contribution is -2.44. The van der Waals surface area contributed by atoms with Crippen LogP contribution in [0.2, 0.25) is 0 Å². The number of fused-ring (bicyclic) bond motifs is 2. The maximum Gasteiger partial charge on any atom is 0.267 e. The summed E-state index contributed by atoms with van der Waals surface area (Å²) in [4.78, 5) is 8.54. The van der Waals surface area contributed by atoms with Gasteiger partial charge in [-0.1, -0.05) is 0 Å². The molecule has 4 aromatic heterocycles. The van der Waals surface area contributed by atoms with Gasteiger partial charge in [0, 0.05) is 24.1 Å². The molecule has 0 bridgehead atoms. The molecule has 1 aliphatic rings. The van der Waals surface area contributed by atoms with Crippen molar-refractivity contribution in [3.05, 3.63) is 72.6 Å². The Kier molecular flexibility index (Phi) is 5.06. The number of benzene rings is 1. The molecule has 5 aromatic rings. The van der Waals surface area contributed by atoms with Crippen LogP contribution in [0.5, 0.6) is 11.5 Å². The molecule has 1 saturated heterocycles. The Bertz CT molecular complexity index is 1530. The van der Waals surface area contributed by atoms with Crippen molar-refractivity contribution < 1.29 is 13.5 Å². The average Bonchev–Trinajstić information content (AvgIpc) is 3.48. The van der Waals surface area contributed by atoms with Gasteiger partial charge in [-0.2, -0.15) is 10.2 Å². The summed E-state index contributed by atoms with van der Waals surface area (Å²) in [7, 11) is 0. The Labute approximate surface area is 198 Å². The van der Waals surface area contributed by atoms with Crippen molar-refractivity contribution in [2.24, 2.45) is 0 Å². The average molecular weight is 476 g/mol. The van der Waals surface area contributed by atoms with Gasteiger partial charge in [0.05, 0.1) is 12.5 Å². The summed E-state index contributed by atoms with van der Waals surface area (Å²) in [6, 6.07) is 11.0. The zero-order valence-corrected chi connectivity index (χ0v) is 18.8. The van der Waals surface area contributed by atoms with Crippen LogP contribution in [0, 0.1) is 6.92 Å². The fourth-order valence-electron chi connectivity index (χ4n) is 4.54. The molecule has 0 aliphatic carbocycles. The van der Waals surface area contributed by atoms with Crippen LogP contribution in [-0.2, 0) is 0 Å². The number of piperidine rings is 1. The quantitative estimate of drug-likeness (QED) is 0.390. The van der Waals surface area contributed by atoms with E-state index < -0.39 is 11.8 Å². The predicted octanol–water partition coefficient (Wildman–Crippen LogP) is 4.33. The van der Waals surface area contributed by atoms with Crippen LogP contribution in [0.25, 0.3) is 11.2 Å². The van der Waals surface area contributed by atoms with E-state index in [1.165, 1.54) is 12.7 Å². The third kappa shape index (κ3) is 3.93. The molecule has 11 heteroatoms. The van der Waals surface area contributed by atoms with E-state index in [4.69, 9.17) is 4.74 Å². The van der Waals surface area contributed by atoms with E-state index in [9.17, 15) is 8.78 Å². The van der Waals surface area contributed by atoms with Gasteiger partial charge < -0.3 is 15.4 Å². The van der Waals surface area contributed by atoms with Crippen molar-refractivity contribution in [2.45, 2.75) is 25.2 Å². The van der Waals surface area contributed by atoms with E-state index >= 15 is 0 Å². The molecular weight excluding hydrogens is 454 g/mol. The van der Waals surface area contributed by atoms with Crippen LogP contribution in [0.1, 0.15) is 23.5 Å². The second kappa shape index (κ2) is 8.27. The number of pyridine rings is 1. The molecule has 0 amide bonds. The lowest BCUT2D eigenvalue weighted by molar-refractivity contribution is -0.0415. The maximum absolute atomic E-state index is 14.7. The third-order valence-corrected chi connectivity index (χ3v) is 6.26. The lowest BCUT2D eigenvalue weighted by Gasteiger charge is -2.31. The molecule has 6 rings (SSSR count). The van der Waals surface area contributed by atoms with Crippen LogP contribution in [-0.4, -0.2) is 48.2 Å². The Balaban J connectivity index is 1.29. The van der Waals surface area contributed by atoms with Crippen molar-refractivity contribution in [2.75, 3.05) is 18.4 Å². The number of alkyl halides is 2. The molecule has 178 valence electrons. The fourth-order valence-corrected chi connectivity index (χ4v) is 4.54. The normalized spacial score (nSPS) is 17.6. The number of hydrogen-bond donors (Lipinski definition) is 2. The van der Waals surface area contributed by atoms with E-state index in [-0.39, 0.29) is 6.54 Å². The van der Waals surface area contributed by atoms with Crippen molar-refractivity contribution in [1.82, 2.24) is 34.5 Å². The van der Waals surface area contributed by atoms with Crippen molar-refractivity contribution in [1.29, 1.82) is 0 Å². The highest BCUT2D eigenvalue weighted by Gasteiger charge is 2.43. The Morgan fingerprint density at radius 2 is 1.89 bits per heavy atom. The number of aromatic nitrogens is 6. The number of hydrogen-bond acceptors (Lipinski definition) is 7. The van der Waals surface area contributed by atoms with E-state index in [1.54, 1.807) is 33.6 Å². The molecule has 9 nitrogen and oxygen atoms in total. The van der Waals surface area contributed by atoms with Crippen LogP contribution >= 0.6 is 0 Å². The van der Waals surface area contributed by atoms with Gasteiger partial charge in [0.2, 0.25) is 0 Å². The standard InChI is InChI=1S/C24H22F2N8O/c1-15-10-16(2-3-20(15)35-17-5-8-33-21(11-17)28-13-30-33)32-23-22-18(6-9-34(22)31-14-29-23)19-4-7-27-12-24(19,25)26/h2-3,5-6,8-11,13-14,19,27H,4,7,12H2,1H3,(H,29,31,32). The van der Waals surface area contributed by atoms with Crippen molar-refractivity contribution >= 4 is 22.7 Å². The largest absolute Gasteiger partial charge is 0.457 e. The minimum atomic E-state index is -2.85. The van der Waals surface area contributed by atoms with E-state index in [0.29, 0.717) is 47.0 Å². The summed E-state index contributed by atoms with van der Waals surface area (Å²) in [5, 5.41) is 14.4. The molecular formula is C24H22F2N8O. The summed E-state index contributed by atoms with van der Waals surface area (Å²) in [6.45, 7) is 2.14. The first-order valence-corrected chi connectivity index (χ1v) is 11.2. The molecule has 35 heavy (non-hydrogen) atoms. The van der Waals surface area contributed by atoms with Gasteiger partial charge >= 0.3 is 0 Å². The molecule has 0 radical (unpaired) electrons. The van der Waals surface area contributed by atoms with Gasteiger partial charge in [0.15, 0.2) is 11.5 Å². The highest BCUT2D eigenvalue weighted by Crippen LogP contribution is 2.41. The molecule has 1 aromatic carbocycles. The van der Waals surface area contributed by atoms with E-state index in [2.05, 4.69) is 30.8 Å². The number of ether oxygens (including phenoxy) is 1. The van der Waals surface area contributed by atoms with Gasteiger partial charge in [0.25, 0.3) is 5.92 Å². The summed E-state index contributed by atoms with van der Waals surface area (Å²) >= 11 is 0. The van der Waals surface area contributed by atoms with Gasteiger partial charge in [-0.05, 0) is 61.3 Å². The zero-order valence-electron chi connectivity index (χ0n) is 18.8. The lowest BCUT2D eigenvalue weighted by atomic mass is 9.87. The van der Waals surface area contributed by atoms with Gasteiger partial charge in [0.1, 0.15) is 29.7 Å². The Hall–Kier alpha value is -4.12. The second-order valence-corrected chi connectivity index (χ2v) is 8.58. The first kappa shape index (κ1) is 21.4. The number of anilines is 2. The zero-order chi connectivity index (χ0) is 24.0. The number of nitrogens with zero attached hydrogens (tertiary/aromatic N) is 6. The number of rotatable bonds is 5. The number of halogens is 2. The summed E-state index contributed by atoms with van der Waals surface area (Å²) in [5.74, 6) is -1.95. The van der Waals surface area contributed by atoms with Crippen molar-refractivity contribution in [3.8, 4) is 11.5 Å². The smallest absolute Gasteiger partial charge is 0.267 e. The molecule has 1 aliphatic heterocycles. The highest BCUT2D eigenvalue weighted by molar-refractivity contribution is 5.77. The minimum Gasteiger partial charge on any atom is -0.457 e. The topological polar surface area (TPSA) is 93.7 Å². The minimum absolute atomic E-state index is 0.337. The summed E-state index contributed by atoms with van der Waals surface area (Å²) < 4.78 is 38.7. The molecule has 0 saturated carbocycles. The van der Waals surface area contributed by atoms with Gasteiger partial charge in [-0.15, -0.1) is 0 Å². The van der Waals surface area contributed by atoms with Crippen LogP contribution in [0.3, 0.4) is 0 Å². The highest BCUT2D eigenvalue weighted by atomic mass is 19.3. The first-order chi connectivity index (χ1) is 17.0. The fraction of sp³-hybridized carbons (Fsp3) is 0.250. The van der Waals surface area contributed by atoms with E-state index in [0.717, 1.165) is 11.3 Å². The van der Waals surface area contributed by atoms with Gasteiger partial charge in [-0.25, -0.2) is 27.8 Å². The summed E-state index contributed by atoms with van der Waals surface area (Å²) in [6.07, 6.45) is 6.71. The molecule has 0 spiro atoms. The summed E-state index contributed by atoms with van der Waals surface area (Å²) in [5.41, 5.74) is 3.43. The maximum atomic E-state index is 14.7. The number of aryl methyl sites for hydroxylation is 1. The number of nitrogens with one attached hydrogen (secondary N) is 2. The van der Waals surface area contributed by atoms with Crippen molar-refractivity contribution in [3.63, 3.8) is 0 Å². The van der Waals surface area contributed by atoms with Crippen LogP contribution < -0.4 is 15.4 Å². The molecule has 1 atom stereocenters. The SMILES string of the molecule is Cc1cc(Nc2ncnn3ccc(C4CCNCC4(F)F)c23)ccc1Oc1ccn2ncnc2c1.